The highest BCUT2D eigenvalue weighted by Crippen LogP contribution is 2.27. The number of halogens is 1. The quantitative estimate of drug-likeness (QED) is 0.316. The van der Waals surface area contributed by atoms with Crippen LogP contribution in [0.5, 0.6) is 0 Å². The van der Waals surface area contributed by atoms with Gasteiger partial charge in [0.05, 0.1) is 11.7 Å². The van der Waals surface area contributed by atoms with Crippen molar-refractivity contribution in [2.75, 3.05) is 18.0 Å². The highest BCUT2D eigenvalue weighted by Gasteiger charge is 2.41. The second kappa shape index (κ2) is 15.4. The van der Waals surface area contributed by atoms with Crippen LogP contribution in [-0.4, -0.2) is 64.8 Å². The van der Waals surface area contributed by atoms with Crippen LogP contribution in [0.3, 0.4) is 0 Å². The molecular formula is C32H39BrN4O6. The van der Waals surface area contributed by atoms with Gasteiger partial charge in [-0.2, -0.15) is 0 Å². The minimum absolute atomic E-state index is 0.0322. The third-order valence-electron chi connectivity index (χ3n) is 6.41. The van der Waals surface area contributed by atoms with Crippen molar-refractivity contribution in [1.29, 1.82) is 0 Å². The third kappa shape index (κ3) is 9.71. The molecule has 0 radical (unpaired) electrons. The standard InChI is InChI=1S/C32H39BrN4O6/c1-6-13-27(34-30(40)43-32(3,4)5)29(39)37-25(16-12-20-35(23(2)38)28-18-11-10-17-26(28)33)19-21-36(37)31(41)42-22-24-14-8-7-9-15-24/h6-12,14-18,25,27H,1,13,19-22H2,2-5H3,(H,34,40)/b16-12+/t25-,27+/m1/s1. The van der Waals surface area contributed by atoms with E-state index in [0.717, 1.165) is 10.0 Å². The fourth-order valence-electron chi connectivity index (χ4n) is 4.48. The Morgan fingerprint density at radius 3 is 2.42 bits per heavy atom. The minimum atomic E-state index is -1.04. The molecule has 0 spiro atoms. The van der Waals surface area contributed by atoms with E-state index in [2.05, 4.69) is 27.8 Å². The topological polar surface area (TPSA) is 108 Å². The van der Waals surface area contributed by atoms with Gasteiger partial charge in [0.2, 0.25) is 5.91 Å². The number of nitrogens with zero attached hydrogens (tertiary/aromatic N) is 3. The predicted octanol–water partition coefficient (Wildman–Crippen LogP) is 5.98. The maximum absolute atomic E-state index is 14.0. The number of amides is 4. The number of benzene rings is 2. The Morgan fingerprint density at radius 2 is 1.79 bits per heavy atom. The number of alkyl carbamates (subject to hydrolysis) is 1. The van der Waals surface area contributed by atoms with Crippen LogP contribution in [0.15, 0.2) is 83.9 Å². The van der Waals surface area contributed by atoms with E-state index in [9.17, 15) is 19.2 Å². The molecule has 2 atom stereocenters. The van der Waals surface area contributed by atoms with Gasteiger partial charge in [0.25, 0.3) is 5.91 Å². The molecule has 0 bridgehead atoms. The summed E-state index contributed by atoms with van der Waals surface area (Å²) in [6.07, 6.45) is 4.16. The Hall–Kier alpha value is -4.12. The van der Waals surface area contributed by atoms with Crippen LogP contribution in [0, 0.1) is 0 Å². The fourth-order valence-corrected chi connectivity index (χ4v) is 4.98. The molecule has 1 aliphatic rings. The number of ether oxygens (including phenoxy) is 2. The zero-order valence-corrected chi connectivity index (χ0v) is 26.6. The van der Waals surface area contributed by atoms with E-state index in [4.69, 9.17) is 9.47 Å². The summed E-state index contributed by atoms with van der Waals surface area (Å²) in [5.41, 5.74) is 0.739. The maximum Gasteiger partial charge on any atom is 0.429 e. The summed E-state index contributed by atoms with van der Waals surface area (Å²) in [4.78, 5) is 53.9. The number of carbonyl (C=O) groups is 4. The molecule has 1 N–H and O–H groups in total. The van der Waals surface area contributed by atoms with Crippen LogP contribution in [-0.2, 0) is 25.7 Å². The average Bonchev–Trinajstić information content (AvgIpc) is 3.37. The minimum Gasteiger partial charge on any atom is -0.444 e. The molecule has 3 rings (SSSR count). The monoisotopic (exact) mass is 654 g/mol. The van der Waals surface area contributed by atoms with Crippen molar-refractivity contribution in [3.8, 4) is 0 Å². The number of nitrogens with one attached hydrogen (secondary N) is 1. The van der Waals surface area contributed by atoms with E-state index >= 15 is 0 Å². The molecular weight excluding hydrogens is 616 g/mol. The number of anilines is 1. The summed E-state index contributed by atoms with van der Waals surface area (Å²) < 4.78 is 11.7. The number of carbonyl (C=O) groups excluding carboxylic acids is 4. The van der Waals surface area contributed by atoms with Crippen LogP contribution in [0.1, 0.15) is 46.1 Å². The van der Waals surface area contributed by atoms with Crippen LogP contribution in [0.2, 0.25) is 0 Å². The lowest BCUT2D eigenvalue weighted by molar-refractivity contribution is -0.146. The fraction of sp³-hybridized carbons (Fsp3) is 0.375. The summed E-state index contributed by atoms with van der Waals surface area (Å²) in [5.74, 6) is -0.682. The van der Waals surface area contributed by atoms with E-state index in [1.807, 2.05) is 54.6 Å². The summed E-state index contributed by atoms with van der Waals surface area (Å²) in [5, 5.41) is 5.19. The normalized spacial score (nSPS) is 15.6. The molecule has 0 unspecified atom stereocenters. The first kappa shape index (κ1) is 33.4. The van der Waals surface area contributed by atoms with Crippen molar-refractivity contribution >= 4 is 45.6 Å². The second-order valence-corrected chi connectivity index (χ2v) is 11.8. The number of hydrogen-bond donors (Lipinski definition) is 1. The molecule has 2 aromatic carbocycles. The number of rotatable bonds is 10. The molecule has 1 heterocycles. The summed E-state index contributed by atoms with van der Waals surface area (Å²) >= 11 is 3.49. The molecule has 2 aromatic rings. The smallest absolute Gasteiger partial charge is 0.429 e. The highest BCUT2D eigenvalue weighted by molar-refractivity contribution is 9.10. The lowest BCUT2D eigenvalue weighted by atomic mass is 10.1. The molecule has 4 amide bonds. The van der Waals surface area contributed by atoms with Gasteiger partial charge < -0.3 is 19.7 Å². The zero-order chi connectivity index (χ0) is 31.6. The Balaban J connectivity index is 1.85. The van der Waals surface area contributed by atoms with E-state index in [1.165, 1.54) is 23.0 Å². The van der Waals surface area contributed by atoms with Gasteiger partial charge in [-0.05, 0) is 67.2 Å². The maximum atomic E-state index is 14.0. The van der Waals surface area contributed by atoms with Gasteiger partial charge in [-0.3, -0.25) is 9.59 Å². The molecule has 1 aliphatic heterocycles. The van der Waals surface area contributed by atoms with Crippen molar-refractivity contribution in [2.24, 2.45) is 0 Å². The molecule has 230 valence electrons. The lowest BCUT2D eigenvalue weighted by Gasteiger charge is -2.33. The van der Waals surface area contributed by atoms with Crippen LogP contribution in [0.4, 0.5) is 15.3 Å². The van der Waals surface area contributed by atoms with Crippen LogP contribution in [0.25, 0.3) is 0 Å². The average molecular weight is 656 g/mol. The van der Waals surface area contributed by atoms with Crippen LogP contribution >= 0.6 is 15.9 Å². The molecule has 11 heteroatoms. The number of hydrazine groups is 1. The molecule has 1 saturated heterocycles. The first-order valence-corrected chi connectivity index (χ1v) is 14.8. The van der Waals surface area contributed by atoms with E-state index in [-0.39, 0.29) is 32.0 Å². The zero-order valence-electron chi connectivity index (χ0n) is 25.0. The Bertz CT molecular complexity index is 1330. The first-order valence-electron chi connectivity index (χ1n) is 14.0. The van der Waals surface area contributed by atoms with Gasteiger partial charge in [-0.15, -0.1) is 6.58 Å². The number of hydrogen-bond acceptors (Lipinski definition) is 6. The van der Waals surface area contributed by atoms with Gasteiger partial charge in [-0.25, -0.2) is 19.6 Å². The van der Waals surface area contributed by atoms with Gasteiger partial charge >= 0.3 is 12.2 Å². The Labute approximate surface area is 261 Å². The third-order valence-corrected chi connectivity index (χ3v) is 7.08. The SMILES string of the molecule is C=CC[C@H](NC(=O)OC(C)(C)C)C(=O)N1[C@H](/C=C/CN(C(C)=O)c2ccccc2Br)CCN1C(=O)OCc1ccccc1. The van der Waals surface area contributed by atoms with Crippen molar-refractivity contribution in [2.45, 2.75) is 64.8 Å². The summed E-state index contributed by atoms with van der Waals surface area (Å²) in [7, 11) is 0. The van der Waals surface area contributed by atoms with E-state index in [1.54, 1.807) is 37.8 Å². The molecule has 0 aromatic heterocycles. The summed E-state index contributed by atoms with van der Waals surface area (Å²) in [6, 6.07) is 15.0. The molecule has 10 nitrogen and oxygen atoms in total. The van der Waals surface area contributed by atoms with Gasteiger partial charge in [0, 0.05) is 24.5 Å². The lowest BCUT2D eigenvalue weighted by Crippen LogP contribution is -2.56. The summed E-state index contributed by atoms with van der Waals surface area (Å²) in [6.45, 7) is 10.9. The van der Waals surface area contributed by atoms with Gasteiger partial charge in [-0.1, -0.05) is 60.7 Å². The molecule has 0 saturated carbocycles. The highest BCUT2D eigenvalue weighted by atomic mass is 79.9. The van der Waals surface area contributed by atoms with Crippen molar-refractivity contribution < 1.29 is 28.7 Å². The molecule has 43 heavy (non-hydrogen) atoms. The van der Waals surface area contributed by atoms with Crippen molar-refractivity contribution in [3.05, 3.63) is 89.4 Å². The Kier molecular flexibility index (Phi) is 11.9. The van der Waals surface area contributed by atoms with Crippen LogP contribution < -0.4 is 10.2 Å². The van der Waals surface area contributed by atoms with E-state index < -0.39 is 35.8 Å². The Morgan fingerprint density at radius 1 is 1.12 bits per heavy atom. The molecule has 0 aliphatic carbocycles. The van der Waals surface area contributed by atoms with Gasteiger partial charge in [0.15, 0.2) is 0 Å². The van der Waals surface area contributed by atoms with Gasteiger partial charge in [0.1, 0.15) is 18.2 Å². The number of para-hydroxylation sites is 1. The largest absolute Gasteiger partial charge is 0.444 e. The van der Waals surface area contributed by atoms with Crippen molar-refractivity contribution in [1.82, 2.24) is 15.3 Å². The first-order chi connectivity index (χ1) is 20.4. The molecule has 1 fully saturated rings. The second-order valence-electron chi connectivity index (χ2n) is 10.9. The van der Waals surface area contributed by atoms with Crippen molar-refractivity contribution in [3.63, 3.8) is 0 Å². The van der Waals surface area contributed by atoms with E-state index in [0.29, 0.717) is 12.1 Å². The predicted molar refractivity (Wildman–Crippen MR) is 168 cm³/mol.